The molecule has 138 valence electrons. The molecule has 1 N–H and O–H groups in total. The van der Waals surface area contributed by atoms with Crippen molar-refractivity contribution in [2.24, 2.45) is 0 Å². The predicted octanol–water partition coefficient (Wildman–Crippen LogP) is 4.32. The van der Waals surface area contributed by atoms with Crippen LogP contribution in [0.2, 0.25) is 0 Å². The van der Waals surface area contributed by atoms with Crippen LogP contribution in [-0.4, -0.2) is 42.8 Å². The maximum absolute atomic E-state index is 10.9. The van der Waals surface area contributed by atoms with Gasteiger partial charge in [0.05, 0.1) is 7.11 Å². The summed E-state index contributed by atoms with van der Waals surface area (Å²) in [5.74, 6) is 0. The molecule has 0 aliphatic carbocycles. The number of hydrogen-bond donors (Lipinski definition) is 1. The van der Waals surface area contributed by atoms with Crippen molar-refractivity contribution in [2.75, 3.05) is 26.8 Å². The van der Waals surface area contributed by atoms with Crippen LogP contribution >= 0.6 is 0 Å². The Morgan fingerprint density at radius 1 is 1.15 bits per heavy atom. The zero-order valence-electron chi connectivity index (χ0n) is 15.4. The Hall–Kier alpha value is -2.79. The molecule has 2 rings (SSSR count). The lowest BCUT2D eigenvalue weighted by Gasteiger charge is -2.17. The summed E-state index contributed by atoms with van der Waals surface area (Å²) in [6, 6.07) is 12.7. The lowest BCUT2D eigenvalue weighted by Crippen LogP contribution is -2.23. The van der Waals surface area contributed by atoms with Gasteiger partial charge in [0, 0.05) is 31.0 Å². The van der Waals surface area contributed by atoms with Crippen molar-refractivity contribution in [3.05, 3.63) is 72.5 Å². The minimum absolute atomic E-state index is 0.203. The van der Waals surface area contributed by atoms with Crippen molar-refractivity contribution < 1.29 is 14.3 Å². The Balaban J connectivity index is 1.90. The Labute approximate surface area is 154 Å². The highest BCUT2D eigenvalue weighted by atomic mass is 16.7. The second-order valence-electron chi connectivity index (χ2n) is 5.98. The first-order valence-electron chi connectivity index (χ1n) is 8.56. The molecule has 0 unspecified atom stereocenters. The number of ether oxygens (including phenoxy) is 2. The molecule has 2 aromatic rings. The van der Waals surface area contributed by atoms with E-state index < -0.39 is 6.16 Å². The number of nitrogens with zero attached hydrogens (tertiary/aromatic N) is 1. The van der Waals surface area contributed by atoms with Crippen molar-refractivity contribution in [1.29, 1.82) is 0 Å². The SMILES string of the molecule is C=CCN(C/C=C/COC(=O)OC)Cc1ccc(-c2ccc(C)cc2)[nH]1. The lowest BCUT2D eigenvalue weighted by molar-refractivity contribution is 0.0817. The Morgan fingerprint density at radius 2 is 1.92 bits per heavy atom. The quantitative estimate of drug-likeness (QED) is 0.538. The zero-order chi connectivity index (χ0) is 18.8. The van der Waals surface area contributed by atoms with Crippen LogP contribution in [0, 0.1) is 6.92 Å². The summed E-state index contributed by atoms with van der Waals surface area (Å²) in [5.41, 5.74) is 4.68. The molecule has 0 aliphatic rings. The monoisotopic (exact) mass is 354 g/mol. The van der Waals surface area contributed by atoms with Crippen molar-refractivity contribution in [3.8, 4) is 11.3 Å². The molecule has 0 spiro atoms. The number of carbonyl (C=O) groups is 1. The van der Waals surface area contributed by atoms with Gasteiger partial charge in [-0.15, -0.1) is 6.58 Å². The van der Waals surface area contributed by atoms with Crippen LogP contribution in [0.1, 0.15) is 11.3 Å². The molecule has 1 heterocycles. The summed E-state index contributed by atoms with van der Waals surface area (Å²) in [7, 11) is 1.29. The molecular formula is C21H26N2O3. The molecule has 0 bridgehead atoms. The first-order chi connectivity index (χ1) is 12.6. The third-order valence-corrected chi connectivity index (χ3v) is 3.88. The van der Waals surface area contributed by atoms with E-state index in [0.29, 0.717) is 0 Å². The summed E-state index contributed by atoms with van der Waals surface area (Å²) < 4.78 is 9.24. The number of methoxy groups -OCH3 is 1. The van der Waals surface area contributed by atoms with Gasteiger partial charge in [-0.2, -0.15) is 0 Å². The lowest BCUT2D eigenvalue weighted by atomic mass is 10.1. The Bertz CT molecular complexity index is 732. The number of hydrogen-bond acceptors (Lipinski definition) is 4. The molecule has 0 fully saturated rings. The van der Waals surface area contributed by atoms with Gasteiger partial charge in [-0.05, 0) is 30.7 Å². The van der Waals surface area contributed by atoms with E-state index in [-0.39, 0.29) is 6.61 Å². The van der Waals surface area contributed by atoms with E-state index in [1.807, 2.05) is 12.2 Å². The molecule has 0 amide bonds. The molecule has 0 saturated heterocycles. The number of carbonyl (C=O) groups excluding carboxylic acids is 1. The average molecular weight is 354 g/mol. The number of nitrogens with one attached hydrogen (secondary N) is 1. The van der Waals surface area contributed by atoms with E-state index in [1.54, 1.807) is 6.08 Å². The largest absolute Gasteiger partial charge is 0.508 e. The number of aryl methyl sites for hydroxylation is 1. The van der Waals surface area contributed by atoms with Gasteiger partial charge < -0.3 is 14.5 Å². The highest BCUT2D eigenvalue weighted by Crippen LogP contribution is 2.19. The molecular weight excluding hydrogens is 328 g/mol. The van der Waals surface area contributed by atoms with E-state index in [2.05, 4.69) is 64.5 Å². The Kier molecular flexibility index (Phi) is 7.71. The van der Waals surface area contributed by atoms with E-state index in [9.17, 15) is 4.79 Å². The van der Waals surface area contributed by atoms with Gasteiger partial charge in [-0.1, -0.05) is 42.0 Å². The molecule has 0 radical (unpaired) electrons. The van der Waals surface area contributed by atoms with Gasteiger partial charge in [0.25, 0.3) is 0 Å². The predicted molar refractivity (Wildman–Crippen MR) is 104 cm³/mol. The van der Waals surface area contributed by atoms with E-state index in [0.717, 1.165) is 31.0 Å². The average Bonchev–Trinajstić information content (AvgIpc) is 3.10. The second-order valence-corrected chi connectivity index (χ2v) is 5.98. The van der Waals surface area contributed by atoms with Crippen LogP contribution in [0.3, 0.4) is 0 Å². The second kappa shape index (κ2) is 10.3. The number of benzene rings is 1. The first kappa shape index (κ1) is 19.5. The summed E-state index contributed by atoms with van der Waals surface area (Å²) in [6.45, 7) is 8.38. The third-order valence-electron chi connectivity index (χ3n) is 3.88. The van der Waals surface area contributed by atoms with Gasteiger partial charge >= 0.3 is 6.16 Å². The highest BCUT2D eigenvalue weighted by Gasteiger charge is 2.06. The fraction of sp³-hybridized carbons (Fsp3) is 0.286. The molecule has 1 aromatic carbocycles. The molecule has 1 aromatic heterocycles. The van der Waals surface area contributed by atoms with Crippen molar-refractivity contribution in [1.82, 2.24) is 9.88 Å². The van der Waals surface area contributed by atoms with Crippen molar-refractivity contribution in [3.63, 3.8) is 0 Å². The molecule has 26 heavy (non-hydrogen) atoms. The highest BCUT2D eigenvalue weighted by molar-refractivity contribution is 5.60. The summed E-state index contributed by atoms with van der Waals surface area (Å²) in [6.07, 6.45) is 4.98. The van der Waals surface area contributed by atoms with Crippen LogP contribution in [0.25, 0.3) is 11.3 Å². The number of H-pyrrole nitrogens is 1. The maximum atomic E-state index is 10.9. The topological polar surface area (TPSA) is 54.6 Å². The smallest absolute Gasteiger partial charge is 0.438 e. The standard InChI is InChI=1S/C21H26N2O3/c1-4-13-23(14-5-6-15-26-21(24)25-3)16-19-11-12-20(22-19)18-9-7-17(2)8-10-18/h4-12,22H,1,13-16H2,2-3H3/b6-5+. The van der Waals surface area contributed by atoms with Gasteiger partial charge in [-0.25, -0.2) is 4.79 Å². The van der Waals surface area contributed by atoms with Gasteiger partial charge in [0.1, 0.15) is 6.61 Å². The van der Waals surface area contributed by atoms with Crippen LogP contribution in [0.5, 0.6) is 0 Å². The number of aromatic nitrogens is 1. The van der Waals surface area contributed by atoms with E-state index in [4.69, 9.17) is 4.74 Å². The van der Waals surface area contributed by atoms with E-state index in [1.165, 1.54) is 18.2 Å². The third kappa shape index (κ3) is 6.26. The zero-order valence-corrected chi connectivity index (χ0v) is 15.4. The van der Waals surface area contributed by atoms with Crippen LogP contribution in [-0.2, 0) is 16.0 Å². The normalized spacial score (nSPS) is 11.0. The minimum atomic E-state index is -0.674. The summed E-state index contributed by atoms with van der Waals surface area (Å²) in [5, 5.41) is 0. The number of rotatable bonds is 9. The fourth-order valence-electron chi connectivity index (χ4n) is 2.53. The first-order valence-corrected chi connectivity index (χ1v) is 8.56. The maximum Gasteiger partial charge on any atom is 0.508 e. The van der Waals surface area contributed by atoms with Crippen LogP contribution < -0.4 is 0 Å². The molecule has 0 aliphatic heterocycles. The van der Waals surface area contributed by atoms with Gasteiger partial charge in [-0.3, -0.25) is 4.90 Å². The van der Waals surface area contributed by atoms with Crippen molar-refractivity contribution >= 4 is 6.16 Å². The summed E-state index contributed by atoms with van der Waals surface area (Å²) >= 11 is 0. The van der Waals surface area contributed by atoms with E-state index >= 15 is 0 Å². The van der Waals surface area contributed by atoms with Gasteiger partial charge in [0.15, 0.2) is 0 Å². The van der Waals surface area contributed by atoms with Crippen LogP contribution in [0.15, 0.2) is 61.2 Å². The summed E-state index contributed by atoms with van der Waals surface area (Å²) in [4.78, 5) is 16.6. The molecule has 0 atom stereocenters. The fourth-order valence-corrected chi connectivity index (χ4v) is 2.53. The Morgan fingerprint density at radius 3 is 2.62 bits per heavy atom. The van der Waals surface area contributed by atoms with Gasteiger partial charge in [0.2, 0.25) is 0 Å². The molecule has 5 nitrogen and oxygen atoms in total. The number of aromatic amines is 1. The minimum Gasteiger partial charge on any atom is -0.438 e. The molecule has 0 saturated carbocycles. The van der Waals surface area contributed by atoms with Crippen LogP contribution in [0.4, 0.5) is 4.79 Å². The van der Waals surface area contributed by atoms with Crippen molar-refractivity contribution in [2.45, 2.75) is 13.5 Å². The molecule has 5 heteroatoms.